The highest BCUT2D eigenvalue weighted by Crippen LogP contribution is 2.11. The molecule has 0 amide bonds. The smallest absolute Gasteiger partial charge is 0.123 e. The van der Waals surface area contributed by atoms with Crippen molar-refractivity contribution in [1.29, 1.82) is 0 Å². The van der Waals surface area contributed by atoms with Crippen LogP contribution in [0.15, 0.2) is 48.5 Å². The average molecular weight is 245 g/mol. The quantitative estimate of drug-likeness (QED) is 0.878. The van der Waals surface area contributed by atoms with Crippen molar-refractivity contribution in [2.45, 2.75) is 19.8 Å². The van der Waals surface area contributed by atoms with Crippen LogP contribution in [-0.4, -0.2) is 0 Å². The lowest BCUT2D eigenvalue weighted by molar-refractivity contribution is 0.107. The van der Waals surface area contributed by atoms with Gasteiger partial charge in [0.05, 0.1) is 13.2 Å². The Bertz CT molecular complexity index is 499. The van der Waals surface area contributed by atoms with E-state index in [0.717, 1.165) is 16.7 Å². The zero-order chi connectivity index (χ0) is 12.8. The fourth-order valence-electron chi connectivity index (χ4n) is 1.78. The van der Waals surface area contributed by atoms with Crippen molar-refractivity contribution in [3.63, 3.8) is 0 Å². The maximum absolute atomic E-state index is 13.3. The van der Waals surface area contributed by atoms with Gasteiger partial charge in [0.1, 0.15) is 5.82 Å². The molecule has 3 heteroatoms. The number of ether oxygens (including phenoxy) is 1. The van der Waals surface area contributed by atoms with Gasteiger partial charge >= 0.3 is 0 Å². The van der Waals surface area contributed by atoms with Gasteiger partial charge in [0, 0.05) is 6.54 Å². The highest BCUT2D eigenvalue weighted by Gasteiger charge is 2.00. The molecule has 0 unspecified atom stereocenters. The van der Waals surface area contributed by atoms with Crippen LogP contribution in [0.4, 0.5) is 4.39 Å². The largest absolute Gasteiger partial charge is 0.372 e. The molecule has 2 rings (SSSR count). The normalized spacial score (nSPS) is 10.6. The summed E-state index contributed by atoms with van der Waals surface area (Å²) in [5.41, 5.74) is 8.20. The summed E-state index contributed by atoms with van der Waals surface area (Å²) in [7, 11) is 0. The topological polar surface area (TPSA) is 35.2 Å². The summed E-state index contributed by atoms with van der Waals surface area (Å²) in [5, 5.41) is 0. The first-order valence-electron chi connectivity index (χ1n) is 5.88. The van der Waals surface area contributed by atoms with Crippen LogP contribution in [0.1, 0.15) is 16.7 Å². The van der Waals surface area contributed by atoms with Crippen molar-refractivity contribution in [3.05, 3.63) is 71.0 Å². The van der Waals surface area contributed by atoms with Gasteiger partial charge in [-0.05, 0) is 28.8 Å². The maximum Gasteiger partial charge on any atom is 0.123 e. The van der Waals surface area contributed by atoms with Crippen molar-refractivity contribution >= 4 is 0 Å². The molecule has 2 aromatic rings. The third-order valence-electron chi connectivity index (χ3n) is 2.63. The third kappa shape index (κ3) is 3.65. The fourth-order valence-corrected chi connectivity index (χ4v) is 1.78. The molecule has 94 valence electrons. The molecule has 18 heavy (non-hydrogen) atoms. The minimum atomic E-state index is -0.267. The minimum absolute atomic E-state index is 0.267. The maximum atomic E-state index is 13.3. The Kier molecular flexibility index (Phi) is 4.45. The average Bonchev–Trinajstić information content (AvgIpc) is 2.39. The molecule has 0 saturated heterocycles. The first-order valence-corrected chi connectivity index (χ1v) is 5.88. The molecule has 0 atom stereocenters. The number of benzene rings is 2. The van der Waals surface area contributed by atoms with Gasteiger partial charge in [-0.1, -0.05) is 36.4 Å². The van der Waals surface area contributed by atoms with E-state index in [0.29, 0.717) is 19.8 Å². The summed E-state index contributed by atoms with van der Waals surface area (Å²) >= 11 is 0. The lowest BCUT2D eigenvalue weighted by Gasteiger charge is -2.06. The van der Waals surface area contributed by atoms with Gasteiger partial charge in [-0.25, -0.2) is 4.39 Å². The van der Waals surface area contributed by atoms with Gasteiger partial charge < -0.3 is 10.5 Å². The van der Waals surface area contributed by atoms with Gasteiger partial charge in [0.15, 0.2) is 0 Å². The summed E-state index contributed by atoms with van der Waals surface area (Å²) in [6.45, 7) is 1.25. The summed E-state index contributed by atoms with van der Waals surface area (Å²) in [6.07, 6.45) is 0. The SMILES string of the molecule is NCc1cc(F)cc(COCc2ccccc2)c1. The van der Waals surface area contributed by atoms with Gasteiger partial charge in [-0.15, -0.1) is 0 Å². The number of rotatable bonds is 5. The van der Waals surface area contributed by atoms with Crippen molar-refractivity contribution in [1.82, 2.24) is 0 Å². The second-order valence-electron chi connectivity index (χ2n) is 4.15. The first kappa shape index (κ1) is 12.7. The zero-order valence-electron chi connectivity index (χ0n) is 10.1. The van der Waals surface area contributed by atoms with Crippen LogP contribution in [0.3, 0.4) is 0 Å². The molecule has 0 saturated carbocycles. The Labute approximate surface area is 106 Å². The highest BCUT2D eigenvalue weighted by atomic mass is 19.1. The monoisotopic (exact) mass is 245 g/mol. The number of nitrogens with two attached hydrogens (primary N) is 1. The molecule has 0 heterocycles. The lowest BCUT2D eigenvalue weighted by Crippen LogP contribution is -2.00. The van der Waals surface area contributed by atoms with Crippen LogP contribution in [0.2, 0.25) is 0 Å². The number of hydrogen-bond donors (Lipinski definition) is 1. The standard InChI is InChI=1S/C15H16FNO/c16-15-7-13(9-17)6-14(8-15)11-18-10-12-4-2-1-3-5-12/h1-8H,9-11,17H2. The van der Waals surface area contributed by atoms with Gasteiger partial charge in [-0.2, -0.15) is 0 Å². The van der Waals surface area contributed by atoms with Crippen LogP contribution < -0.4 is 5.73 Å². The van der Waals surface area contributed by atoms with Crippen LogP contribution >= 0.6 is 0 Å². The lowest BCUT2D eigenvalue weighted by atomic mass is 10.1. The molecule has 0 aliphatic heterocycles. The summed E-state index contributed by atoms with van der Waals surface area (Å²) in [5.74, 6) is -0.267. The van der Waals surface area contributed by atoms with E-state index in [4.69, 9.17) is 10.5 Å². The Balaban J connectivity index is 1.92. The van der Waals surface area contributed by atoms with E-state index in [1.807, 2.05) is 36.4 Å². The fraction of sp³-hybridized carbons (Fsp3) is 0.200. The second-order valence-corrected chi connectivity index (χ2v) is 4.15. The number of halogens is 1. The molecule has 0 aromatic heterocycles. The molecular weight excluding hydrogens is 229 g/mol. The van der Waals surface area contributed by atoms with Crippen molar-refractivity contribution < 1.29 is 9.13 Å². The van der Waals surface area contributed by atoms with E-state index in [1.54, 1.807) is 0 Å². The van der Waals surface area contributed by atoms with Crippen molar-refractivity contribution in [2.24, 2.45) is 5.73 Å². The molecule has 0 spiro atoms. The van der Waals surface area contributed by atoms with E-state index >= 15 is 0 Å². The Morgan fingerprint density at radius 2 is 1.56 bits per heavy atom. The van der Waals surface area contributed by atoms with E-state index < -0.39 is 0 Å². The van der Waals surface area contributed by atoms with Crippen molar-refractivity contribution in [2.75, 3.05) is 0 Å². The summed E-state index contributed by atoms with van der Waals surface area (Å²) in [6, 6.07) is 14.7. The van der Waals surface area contributed by atoms with Gasteiger partial charge in [-0.3, -0.25) is 0 Å². The number of hydrogen-bond acceptors (Lipinski definition) is 2. The first-order chi connectivity index (χ1) is 8.78. The Morgan fingerprint density at radius 3 is 2.28 bits per heavy atom. The molecule has 0 aliphatic rings. The molecule has 0 bridgehead atoms. The minimum Gasteiger partial charge on any atom is -0.372 e. The van der Waals surface area contributed by atoms with Crippen LogP contribution in [0.5, 0.6) is 0 Å². The summed E-state index contributed by atoms with van der Waals surface area (Å²) in [4.78, 5) is 0. The van der Waals surface area contributed by atoms with E-state index in [1.165, 1.54) is 12.1 Å². The van der Waals surface area contributed by atoms with Crippen LogP contribution in [-0.2, 0) is 24.5 Å². The van der Waals surface area contributed by atoms with Gasteiger partial charge in [0.25, 0.3) is 0 Å². The predicted octanol–water partition coefficient (Wildman–Crippen LogP) is 3.00. The van der Waals surface area contributed by atoms with E-state index in [9.17, 15) is 4.39 Å². The summed E-state index contributed by atoms with van der Waals surface area (Å²) < 4.78 is 18.8. The van der Waals surface area contributed by atoms with Crippen LogP contribution in [0.25, 0.3) is 0 Å². The zero-order valence-corrected chi connectivity index (χ0v) is 10.1. The Morgan fingerprint density at radius 1 is 0.889 bits per heavy atom. The van der Waals surface area contributed by atoms with Gasteiger partial charge in [0.2, 0.25) is 0 Å². The highest BCUT2D eigenvalue weighted by molar-refractivity contribution is 5.24. The molecule has 2 nitrogen and oxygen atoms in total. The molecule has 0 aliphatic carbocycles. The molecule has 0 radical (unpaired) electrons. The third-order valence-corrected chi connectivity index (χ3v) is 2.63. The molecule has 2 aromatic carbocycles. The Hall–Kier alpha value is -1.71. The molecular formula is C15H16FNO. The van der Waals surface area contributed by atoms with Crippen molar-refractivity contribution in [3.8, 4) is 0 Å². The van der Waals surface area contributed by atoms with Crippen LogP contribution in [0, 0.1) is 5.82 Å². The molecule has 2 N–H and O–H groups in total. The second kappa shape index (κ2) is 6.28. The van der Waals surface area contributed by atoms with E-state index in [-0.39, 0.29) is 5.82 Å². The predicted molar refractivity (Wildman–Crippen MR) is 69.2 cm³/mol. The molecule has 0 fully saturated rings. The van der Waals surface area contributed by atoms with E-state index in [2.05, 4.69) is 0 Å².